The van der Waals surface area contributed by atoms with Crippen LogP contribution >= 0.6 is 22.7 Å². The summed E-state index contributed by atoms with van der Waals surface area (Å²) in [4.78, 5) is 25.4. The SMILES string of the molecule is N#Cc1ccccc1-c1nc(-c2ccc3sc4cccc(-c5nc(-c6ccccc6)nc(-c6ccccc6)n5)c4c3c2)c2sc3ccccc3c2n1. The second-order valence-electron chi connectivity index (χ2n) is 12.4. The number of benzene rings is 6. The largest absolute Gasteiger partial charge is 0.226 e. The first-order valence-corrected chi connectivity index (χ1v) is 18.4. The van der Waals surface area contributed by atoms with Crippen molar-refractivity contribution in [2.75, 3.05) is 0 Å². The van der Waals surface area contributed by atoms with Crippen LogP contribution in [0.3, 0.4) is 0 Å². The molecule has 0 fully saturated rings. The molecule has 4 heterocycles. The normalized spacial score (nSPS) is 11.4. The van der Waals surface area contributed by atoms with Gasteiger partial charge in [0.05, 0.1) is 27.5 Å². The van der Waals surface area contributed by atoms with E-state index in [1.807, 2.05) is 91.0 Å². The summed E-state index contributed by atoms with van der Waals surface area (Å²) in [5.74, 6) is 2.40. The number of rotatable bonds is 5. The summed E-state index contributed by atoms with van der Waals surface area (Å²) < 4.78 is 4.45. The monoisotopic (exact) mass is 700 g/mol. The Bertz CT molecular complexity index is 2980. The highest BCUT2D eigenvalue weighted by atomic mass is 32.1. The van der Waals surface area contributed by atoms with Crippen LogP contribution in [0.1, 0.15) is 5.56 Å². The molecule has 52 heavy (non-hydrogen) atoms. The van der Waals surface area contributed by atoms with Crippen molar-refractivity contribution in [3.8, 4) is 62.9 Å². The van der Waals surface area contributed by atoms with Crippen LogP contribution < -0.4 is 0 Å². The zero-order chi connectivity index (χ0) is 34.6. The third kappa shape index (κ3) is 5.03. The van der Waals surface area contributed by atoms with Gasteiger partial charge in [0.25, 0.3) is 0 Å². The lowest BCUT2D eigenvalue weighted by Gasteiger charge is -2.10. The van der Waals surface area contributed by atoms with Crippen LogP contribution in [0.15, 0.2) is 146 Å². The molecule has 8 heteroatoms. The van der Waals surface area contributed by atoms with Gasteiger partial charge in [-0.3, -0.25) is 0 Å². The number of nitriles is 1. The molecule has 0 aliphatic rings. The predicted octanol–water partition coefficient (Wildman–Crippen LogP) is 11.6. The lowest BCUT2D eigenvalue weighted by molar-refractivity contribution is 1.08. The van der Waals surface area contributed by atoms with Gasteiger partial charge in [-0.15, -0.1) is 22.7 Å². The van der Waals surface area contributed by atoms with Crippen LogP contribution in [-0.2, 0) is 0 Å². The van der Waals surface area contributed by atoms with Crippen molar-refractivity contribution in [1.29, 1.82) is 5.26 Å². The molecule has 0 bridgehead atoms. The number of hydrogen-bond acceptors (Lipinski definition) is 8. The van der Waals surface area contributed by atoms with E-state index < -0.39 is 0 Å². The molecule has 0 aliphatic heterocycles. The van der Waals surface area contributed by atoms with Crippen LogP contribution in [0.25, 0.3) is 97.3 Å². The zero-order valence-electron chi connectivity index (χ0n) is 27.4. The Kier molecular flexibility index (Phi) is 7.13. The lowest BCUT2D eigenvalue weighted by Crippen LogP contribution is -2.00. The van der Waals surface area contributed by atoms with E-state index in [1.54, 1.807) is 22.7 Å². The molecule has 0 spiro atoms. The van der Waals surface area contributed by atoms with Gasteiger partial charge in [-0.2, -0.15) is 5.26 Å². The second kappa shape index (κ2) is 12.3. The number of fused-ring (bicyclic) bond motifs is 6. The molecule has 10 rings (SSSR count). The molecule has 6 nitrogen and oxygen atoms in total. The van der Waals surface area contributed by atoms with Gasteiger partial charge in [-0.05, 0) is 36.4 Å². The predicted molar refractivity (Wildman–Crippen MR) is 213 cm³/mol. The van der Waals surface area contributed by atoms with E-state index in [-0.39, 0.29) is 0 Å². The number of hydrogen-bond donors (Lipinski definition) is 0. The molecule has 0 aliphatic carbocycles. The van der Waals surface area contributed by atoms with Crippen LogP contribution in [0, 0.1) is 11.3 Å². The fourth-order valence-corrected chi connectivity index (χ4v) is 9.04. The summed E-state index contributed by atoms with van der Waals surface area (Å²) in [6, 6.07) is 51.2. The number of nitrogens with zero attached hydrogens (tertiary/aromatic N) is 6. The van der Waals surface area contributed by atoms with E-state index >= 15 is 0 Å². The van der Waals surface area contributed by atoms with Crippen molar-refractivity contribution in [2.45, 2.75) is 0 Å². The highest BCUT2D eigenvalue weighted by Gasteiger charge is 2.21. The molecule has 0 unspecified atom stereocenters. The molecule has 10 aromatic rings. The van der Waals surface area contributed by atoms with Gasteiger partial charge in [0.15, 0.2) is 23.3 Å². The van der Waals surface area contributed by atoms with E-state index in [1.165, 1.54) is 0 Å². The second-order valence-corrected chi connectivity index (χ2v) is 14.5. The smallest absolute Gasteiger partial charge is 0.164 e. The minimum absolute atomic E-state index is 0.534. The van der Waals surface area contributed by atoms with Crippen molar-refractivity contribution < 1.29 is 0 Å². The summed E-state index contributed by atoms with van der Waals surface area (Å²) in [5.41, 5.74) is 6.75. The Hall–Kier alpha value is -6.66. The Balaban J connectivity index is 1.22. The van der Waals surface area contributed by atoms with Crippen molar-refractivity contribution >= 4 is 63.1 Å². The highest BCUT2D eigenvalue weighted by molar-refractivity contribution is 7.26. The van der Waals surface area contributed by atoms with E-state index in [9.17, 15) is 5.26 Å². The average molecular weight is 701 g/mol. The lowest BCUT2D eigenvalue weighted by atomic mass is 10.0. The fourth-order valence-electron chi connectivity index (χ4n) is 6.77. The third-order valence-corrected chi connectivity index (χ3v) is 11.5. The Morgan fingerprint density at radius 3 is 1.83 bits per heavy atom. The van der Waals surface area contributed by atoms with Gasteiger partial charge in [0.2, 0.25) is 0 Å². The maximum atomic E-state index is 9.97. The number of thiophene rings is 2. The van der Waals surface area contributed by atoms with E-state index in [4.69, 9.17) is 24.9 Å². The maximum absolute atomic E-state index is 9.97. The minimum Gasteiger partial charge on any atom is -0.226 e. The summed E-state index contributed by atoms with van der Waals surface area (Å²) in [5, 5.41) is 13.2. The molecule has 242 valence electrons. The van der Waals surface area contributed by atoms with Gasteiger partial charge >= 0.3 is 0 Å². The molecule has 0 saturated heterocycles. The molecular formula is C44H24N6S2. The van der Waals surface area contributed by atoms with Crippen molar-refractivity contribution in [3.63, 3.8) is 0 Å². The van der Waals surface area contributed by atoms with Crippen molar-refractivity contribution in [1.82, 2.24) is 24.9 Å². The molecule has 0 amide bonds. The number of aromatic nitrogens is 5. The maximum Gasteiger partial charge on any atom is 0.164 e. The van der Waals surface area contributed by atoms with E-state index in [2.05, 4.69) is 60.7 Å². The quantitative estimate of drug-likeness (QED) is 0.178. The van der Waals surface area contributed by atoms with Gasteiger partial charge in [0.1, 0.15) is 0 Å². The van der Waals surface area contributed by atoms with Crippen molar-refractivity contribution in [2.24, 2.45) is 0 Å². The van der Waals surface area contributed by atoms with E-state index in [0.29, 0.717) is 34.4 Å². The standard InChI is InChI=1S/C44H24N6S2/c45-25-29-16-7-8-17-30(29)43-46-38(40-39(47-43)31-18-9-10-20-34(31)52-40)28-22-23-35-33(24-28)37-32(19-11-21-36(37)51-35)44-49-41(26-12-3-1-4-13-26)48-42(50-44)27-14-5-2-6-15-27/h1-24H. The highest BCUT2D eigenvalue weighted by Crippen LogP contribution is 2.44. The summed E-state index contributed by atoms with van der Waals surface area (Å²) in [7, 11) is 0. The zero-order valence-corrected chi connectivity index (χ0v) is 29.0. The Morgan fingerprint density at radius 2 is 1.06 bits per heavy atom. The van der Waals surface area contributed by atoms with Gasteiger partial charge < -0.3 is 0 Å². The molecule has 0 saturated carbocycles. The minimum atomic E-state index is 0.534. The summed E-state index contributed by atoms with van der Waals surface area (Å²) in [6.45, 7) is 0. The van der Waals surface area contributed by atoms with Crippen LogP contribution in [0.4, 0.5) is 0 Å². The molecule has 0 radical (unpaired) electrons. The third-order valence-electron chi connectivity index (χ3n) is 9.22. The van der Waals surface area contributed by atoms with Crippen LogP contribution in [0.5, 0.6) is 0 Å². The van der Waals surface area contributed by atoms with Gasteiger partial charge in [-0.25, -0.2) is 24.9 Å². The molecule has 4 aromatic heterocycles. The Labute approximate surface area is 306 Å². The van der Waals surface area contributed by atoms with Crippen LogP contribution in [0.2, 0.25) is 0 Å². The summed E-state index contributed by atoms with van der Waals surface area (Å²) in [6.07, 6.45) is 0. The van der Waals surface area contributed by atoms with Crippen molar-refractivity contribution in [3.05, 3.63) is 151 Å². The molecule has 0 atom stereocenters. The first kappa shape index (κ1) is 30.2. The molecule has 6 aromatic carbocycles. The fraction of sp³-hybridized carbons (Fsp3) is 0. The first-order valence-electron chi connectivity index (χ1n) is 16.7. The van der Waals surface area contributed by atoms with E-state index in [0.717, 1.165) is 68.4 Å². The summed E-state index contributed by atoms with van der Waals surface area (Å²) >= 11 is 3.44. The molecule has 0 N–H and O–H groups in total. The van der Waals surface area contributed by atoms with Gasteiger partial charge in [-0.1, -0.05) is 109 Å². The van der Waals surface area contributed by atoms with Crippen LogP contribution in [-0.4, -0.2) is 24.9 Å². The Morgan fingerprint density at radius 1 is 0.442 bits per heavy atom. The van der Waals surface area contributed by atoms with Gasteiger partial charge in [0, 0.05) is 58.1 Å². The molecular weight excluding hydrogens is 677 g/mol. The topological polar surface area (TPSA) is 88.2 Å². The first-order chi connectivity index (χ1) is 25.7. The average Bonchev–Trinajstić information content (AvgIpc) is 3.79.